The van der Waals surface area contributed by atoms with Crippen LogP contribution in [0.4, 0.5) is 0 Å². The third-order valence-electron chi connectivity index (χ3n) is 1.73. The van der Waals surface area contributed by atoms with Crippen LogP contribution >= 0.6 is 59.1 Å². The first-order valence-corrected chi connectivity index (χ1v) is 7.01. The summed E-state index contributed by atoms with van der Waals surface area (Å²) in [5.41, 5.74) is 0.538. The Labute approximate surface area is 115 Å². The highest BCUT2D eigenvalue weighted by atomic mass is 79.9. The number of rotatable bonds is 2. The summed E-state index contributed by atoms with van der Waals surface area (Å²) in [5, 5.41) is 0. The van der Waals surface area contributed by atoms with Crippen molar-refractivity contribution in [2.45, 2.75) is 0 Å². The van der Waals surface area contributed by atoms with Crippen molar-refractivity contribution in [2.75, 3.05) is 0 Å². The molecular formula is C9H3Br3O2S. The molecule has 0 unspecified atom stereocenters. The van der Waals surface area contributed by atoms with Gasteiger partial charge in [0.25, 0.3) is 0 Å². The largest absolute Gasteiger partial charge is 0.457 e. The summed E-state index contributed by atoms with van der Waals surface area (Å²) in [6, 6.07) is 3.43. The number of thiophene rings is 1. The zero-order valence-electron chi connectivity index (χ0n) is 7.09. The van der Waals surface area contributed by atoms with Crippen LogP contribution in [-0.2, 0) is 0 Å². The van der Waals surface area contributed by atoms with Crippen molar-refractivity contribution in [1.29, 1.82) is 0 Å². The maximum absolute atomic E-state index is 12.0. The maximum atomic E-state index is 12.0. The van der Waals surface area contributed by atoms with Crippen LogP contribution in [0.5, 0.6) is 0 Å². The molecule has 0 aliphatic rings. The Morgan fingerprint density at radius 2 is 2.07 bits per heavy atom. The van der Waals surface area contributed by atoms with Gasteiger partial charge in [0.05, 0.1) is 20.5 Å². The fourth-order valence-corrected chi connectivity index (χ4v) is 3.46. The number of furan rings is 1. The van der Waals surface area contributed by atoms with Gasteiger partial charge in [-0.2, -0.15) is 0 Å². The summed E-state index contributed by atoms with van der Waals surface area (Å²) in [5.74, 6) is -0.0491. The molecule has 0 atom stereocenters. The molecule has 0 radical (unpaired) electrons. The molecule has 2 rings (SSSR count). The van der Waals surface area contributed by atoms with Crippen LogP contribution in [0.2, 0.25) is 0 Å². The molecule has 15 heavy (non-hydrogen) atoms. The zero-order valence-corrected chi connectivity index (χ0v) is 12.7. The lowest BCUT2D eigenvalue weighted by Crippen LogP contribution is -1.96. The normalized spacial score (nSPS) is 10.6. The molecule has 6 heteroatoms. The smallest absolute Gasteiger partial charge is 0.207 e. The van der Waals surface area contributed by atoms with Crippen LogP contribution in [0.15, 0.2) is 35.7 Å². The number of hydrogen-bond donors (Lipinski definition) is 0. The van der Waals surface area contributed by atoms with E-state index in [2.05, 4.69) is 47.8 Å². The van der Waals surface area contributed by atoms with Crippen molar-refractivity contribution in [1.82, 2.24) is 0 Å². The summed E-state index contributed by atoms with van der Waals surface area (Å²) >= 11 is 11.3. The van der Waals surface area contributed by atoms with Crippen LogP contribution < -0.4 is 0 Å². The first-order chi connectivity index (χ1) is 7.09. The minimum atomic E-state index is -0.0491. The molecule has 0 aliphatic heterocycles. The van der Waals surface area contributed by atoms with Gasteiger partial charge in [0, 0.05) is 4.47 Å². The van der Waals surface area contributed by atoms with Crippen LogP contribution in [0.1, 0.15) is 15.2 Å². The number of carbonyl (C=O) groups excluding carboxylic acids is 1. The second kappa shape index (κ2) is 4.53. The van der Waals surface area contributed by atoms with Crippen molar-refractivity contribution in [3.05, 3.63) is 41.8 Å². The van der Waals surface area contributed by atoms with Gasteiger partial charge in [-0.25, -0.2) is 0 Å². The van der Waals surface area contributed by atoms with E-state index in [1.165, 1.54) is 17.6 Å². The Hall–Kier alpha value is 0.0900. The third kappa shape index (κ3) is 2.27. The fourth-order valence-electron chi connectivity index (χ4n) is 1.05. The van der Waals surface area contributed by atoms with Gasteiger partial charge >= 0.3 is 0 Å². The van der Waals surface area contributed by atoms with Crippen molar-refractivity contribution in [2.24, 2.45) is 0 Å². The van der Waals surface area contributed by atoms with E-state index >= 15 is 0 Å². The predicted octanol–water partition coefficient (Wildman–Crippen LogP) is 4.86. The number of carbonyl (C=O) groups is 1. The Bertz CT molecular complexity index is 496. The lowest BCUT2D eigenvalue weighted by Gasteiger charge is -1.92. The molecule has 0 saturated heterocycles. The van der Waals surface area contributed by atoms with Crippen molar-refractivity contribution in [3.63, 3.8) is 0 Å². The SMILES string of the molecule is O=C(c1cc(Br)c(Br)s1)c1ccoc1Br. The topological polar surface area (TPSA) is 30.2 Å². The van der Waals surface area contributed by atoms with Crippen LogP contribution in [0.3, 0.4) is 0 Å². The first-order valence-electron chi connectivity index (χ1n) is 3.82. The standard InChI is InChI=1S/C9H3Br3O2S/c10-5-3-6(15-9(5)12)7(13)4-1-2-14-8(4)11/h1-3H. The van der Waals surface area contributed by atoms with Gasteiger partial charge in [-0.15, -0.1) is 11.3 Å². The van der Waals surface area contributed by atoms with E-state index in [-0.39, 0.29) is 5.78 Å². The van der Waals surface area contributed by atoms with Gasteiger partial charge in [-0.1, -0.05) is 0 Å². The van der Waals surface area contributed by atoms with Crippen LogP contribution in [-0.4, -0.2) is 5.78 Å². The summed E-state index contributed by atoms with van der Waals surface area (Å²) in [7, 11) is 0. The molecule has 0 N–H and O–H groups in total. The van der Waals surface area contributed by atoms with E-state index in [0.717, 1.165) is 8.26 Å². The number of halogens is 3. The molecule has 0 bridgehead atoms. The second-order valence-electron chi connectivity index (χ2n) is 2.67. The Morgan fingerprint density at radius 3 is 2.53 bits per heavy atom. The molecule has 78 valence electrons. The van der Waals surface area contributed by atoms with Crippen molar-refractivity contribution >= 4 is 64.9 Å². The van der Waals surface area contributed by atoms with Gasteiger partial charge < -0.3 is 4.42 Å². The fraction of sp³-hybridized carbons (Fsp3) is 0. The summed E-state index contributed by atoms with van der Waals surface area (Å²) in [6.07, 6.45) is 1.48. The summed E-state index contributed by atoms with van der Waals surface area (Å²) in [6.45, 7) is 0. The molecule has 0 saturated carbocycles. The molecule has 0 spiro atoms. The number of hydrogen-bond acceptors (Lipinski definition) is 3. The quantitative estimate of drug-likeness (QED) is 0.657. The lowest BCUT2D eigenvalue weighted by atomic mass is 10.2. The molecule has 0 amide bonds. The average Bonchev–Trinajstić information content (AvgIpc) is 2.74. The van der Waals surface area contributed by atoms with E-state index in [4.69, 9.17) is 4.42 Å². The molecule has 2 heterocycles. The van der Waals surface area contributed by atoms with E-state index < -0.39 is 0 Å². The van der Waals surface area contributed by atoms with Crippen molar-refractivity contribution < 1.29 is 9.21 Å². The van der Waals surface area contributed by atoms with E-state index in [1.54, 1.807) is 12.1 Å². The van der Waals surface area contributed by atoms with E-state index in [1.807, 2.05) is 0 Å². The molecule has 0 aliphatic carbocycles. The molecule has 0 fully saturated rings. The number of ketones is 1. The highest BCUT2D eigenvalue weighted by molar-refractivity contribution is 9.13. The lowest BCUT2D eigenvalue weighted by molar-refractivity contribution is 0.104. The van der Waals surface area contributed by atoms with Gasteiger partial charge in [0.2, 0.25) is 5.78 Å². The van der Waals surface area contributed by atoms with Gasteiger partial charge in [-0.05, 0) is 59.9 Å². The Balaban J connectivity index is 2.41. The minimum absolute atomic E-state index is 0.0491. The third-order valence-corrected chi connectivity index (χ3v) is 5.60. The molecule has 2 aromatic heterocycles. The monoisotopic (exact) mass is 412 g/mol. The predicted molar refractivity (Wildman–Crippen MR) is 69.6 cm³/mol. The molecular weight excluding hydrogens is 412 g/mol. The molecule has 2 nitrogen and oxygen atoms in total. The second-order valence-corrected chi connectivity index (χ2v) is 6.61. The Kier molecular flexibility index (Phi) is 3.49. The highest BCUT2D eigenvalue weighted by Crippen LogP contribution is 2.34. The molecule has 2 aromatic rings. The first kappa shape index (κ1) is 11.6. The van der Waals surface area contributed by atoms with E-state index in [9.17, 15) is 4.79 Å². The van der Waals surface area contributed by atoms with Crippen LogP contribution in [0.25, 0.3) is 0 Å². The average molecular weight is 415 g/mol. The Morgan fingerprint density at radius 1 is 1.33 bits per heavy atom. The minimum Gasteiger partial charge on any atom is -0.457 e. The highest BCUT2D eigenvalue weighted by Gasteiger charge is 2.18. The van der Waals surface area contributed by atoms with Gasteiger partial charge in [0.1, 0.15) is 0 Å². The zero-order chi connectivity index (χ0) is 11.0. The van der Waals surface area contributed by atoms with Crippen molar-refractivity contribution in [3.8, 4) is 0 Å². The van der Waals surface area contributed by atoms with Gasteiger partial charge in [-0.3, -0.25) is 4.79 Å². The summed E-state index contributed by atoms with van der Waals surface area (Å²) < 4.78 is 7.28. The molecule has 0 aromatic carbocycles. The van der Waals surface area contributed by atoms with Gasteiger partial charge in [0.15, 0.2) is 4.67 Å². The van der Waals surface area contributed by atoms with Crippen LogP contribution in [0, 0.1) is 0 Å². The summed E-state index contributed by atoms with van der Waals surface area (Å²) in [4.78, 5) is 12.6. The van der Waals surface area contributed by atoms with E-state index in [0.29, 0.717) is 15.1 Å². The maximum Gasteiger partial charge on any atom is 0.207 e.